The molecule has 2 fully saturated rings. The van der Waals surface area contributed by atoms with Gasteiger partial charge in [0.05, 0.1) is 4.88 Å². The van der Waals surface area contributed by atoms with Crippen LogP contribution in [0.1, 0.15) is 34.0 Å². The summed E-state index contributed by atoms with van der Waals surface area (Å²) in [7, 11) is 2.18. The molecule has 3 aromatic rings. The van der Waals surface area contributed by atoms with Crippen molar-refractivity contribution < 1.29 is 4.79 Å². The lowest BCUT2D eigenvalue weighted by molar-refractivity contribution is 0.0770. The molecule has 2 aromatic heterocycles. The van der Waals surface area contributed by atoms with E-state index < -0.39 is 0 Å². The smallest absolute Gasteiger partial charge is 0.264 e. The Hall–Kier alpha value is -2.44. The van der Waals surface area contributed by atoms with E-state index in [0.717, 1.165) is 62.8 Å². The fourth-order valence-electron chi connectivity index (χ4n) is 4.83. The SMILES string of the molecule is CN1CCC(c2c(C(=O)N3CCCN(c4ccccn4)CC3)sc3ccccc23)C1. The van der Waals surface area contributed by atoms with Gasteiger partial charge in [-0.1, -0.05) is 24.3 Å². The van der Waals surface area contributed by atoms with Crippen LogP contribution in [0.25, 0.3) is 10.1 Å². The van der Waals surface area contributed by atoms with Gasteiger partial charge >= 0.3 is 0 Å². The summed E-state index contributed by atoms with van der Waals surface area (Å²) in [6.07, 6.45) is 3.94. The van der Waals surface area contributed by atoms with E-state index in [0.29, 0.717) is 5.92 Å². The molecule has 5 rings (SSSR count). The molecule has 1 unspecified atom stereocenters. The summed E-state index contributed by atoms with van der Waals surface area (Å²) in [4.78, 5) is 25.9. The minimum Gasteiger partial charge on any atom is -0.355 e. The van der Waals surface area contributed by atoms with E-state index >= 15 is 0 Å². The van der Waals surface area contributed by atoms with E-state index in [-0.39, 0.29) is 5.91 Å². The number of rotatable bonds is 3. The summed E-state index contributed by atoms with van der Waals surface area (Å²) in [6, 6.07) is 14.6. The molecule has 1 atom stereocenters. The molecule has 5 nitrogen and oxygen atoms in total. The number of hydrogen-bond donors (Lipinski definition) is 0. The van der Waals surface area contributed by atoms with Crippen molar-refractivity contribution in [2.75, 3.05) is 51.2 Å². The van der Waals surface area contributed by atoms with E-state index in [1.807, 2.05) is 18.3 Å². The lowest BCUT2D eigenvalue weighted by atomic mass is 9.95. The summed E-state index contributed by atoms with van der Waals surface area (Å²) >= 11 is 1.68. The van der Waals surface area contributed by atoms with Crippen LogP contribution in [0, 0.1) is 0 Å². The quantitative estimate of drug-likeness (QED) is 0.640. The Morgan fingerprint density at radius 1 is 1.03 bits per heavy atom. The van der Waals surface area contributed by atoms with Crippen molar-refractivity contribution in [1.29, 1.82) is 0 Å². The van der Waals surface area contributed by atoms with E-state index in [4.69, 9.17) is 0 Å². The van der Waals surface area contributed by atoms with Crippen LogP contribution in [0.4, 0.5) is 5.82 Å². The van der Waals surface area contributed by atoms with Crippen molar-refractivity contribution in [3.63, 3.8) is 0 Å². The molecule has 0 saturated carbocycles. The monoisotopic (exact) mass is 420 g/mol. The van der Waals surface area contributed by atoms with Crippen LogP contribution in [0.5, 0.6) is 0 Å². The number of nitrogens with zero attached hydrogens (tertiary/aromatic N) is 4. The second kappa shape index (κ2) is 8.36. The molecule has 0 radical (unpaired) electrons. The molecule has 0 aliphatic carbocycles. The fraction of sp³-hybridized carbons (Fsp3) is 0.417. The van der Waals surface area contributed by atoms with Crippen LogP contribution >= 0.6 is 11.3 Å². The van der Waals surface area contributed by atoms with Crippen molar-refractivity contribution in [3.8, 4) is 0 Å². The third-order valence-corrected chi connectivity index (χ3v) is 7.56. The maximum atomic E-state index is 13.7. The van der Waals surface area contributed by atoms with Gasteiger partial charge in [0.25, 0.3) is 5.91 Å². The van der Waals surface area contributed by atoms with E-state index in [2.05, 4.69) is 57.1 Å². The van der Waals surface area contributed by atoms with E-state index in [1.165, 1.54) is 15.6 Å². The third kappa shape index (κ3) is 3.70. The number of likely N-dealkylation sites (N-methyl/N-ethyl adjacent to an activating group) is 1. The molecular weight excluding hydrogens is 392 g/mol. The first kappa shape index (κ1) is 19.5. The highest BCUT2D eigenvalue weighted by Gasteiger charge is 2.31. The molecule has 6 heteroatoms. The minimum atomic E-state index is 0.212. The number of aromatic nitrogens is 1. The average Bonchev–Trinajstić information content (AvgIpc) is 3.28. The molecule has 2 aliphatic heterocycles. The van der Waals surface area contributed by atoms with Crippen LogP contribution in [-0.2, 0) is 0 Å². The van der Waals surface area contributed by atoms with Crippen molar-refractivity contribution >= 4 is 33.1 Å². The Morgan fingerprint density at radius 2 is 1.90 bits per heavy atom. The minimum absolute atomic E-state index is 0.212. The molecule has 30 heavy (non-hydrogen) atoms. The zero-order valence-corrected chi connectivity index (χ0v) is 18.3. The second-order valence-electron chi connectivity index (χ2n) is 8.41. The molecular formula is C24H28N4OS. The van der Waals surface area contributed by atoms with Gasteiger partial charge < -0.3 is 14.7 Å². The Labute approximate surface area is 181 Å². The van der Waals surface area contributed by atoms with Crippen molar-refractivity contribution in [3.05, 3.63) is 59.1 Å². The number of amides is 1. The normalized spacial score (nSPS) is 20.6. The highest BCUT2D eigenvalue weighted by Crippen LogP contribution is 2.40. The molecule has 0 spiro atoms. The summed E-state index contributed by atoms with van der Waals surface area (Å²) in [5.74, 6) is 1.66. The van der Waals surface area contributed by atoms with Gasteiger partial charge in [-0.3, -0.25) is 4.79 Å². The first-order valence-electron chi connectivity index (χ1n) is 10.9. The number of pyridine rings is 1. The van der Waals surface area contributed by atoms with E-state index in [1.54, 1.807) is 11.3 Å². The molecule has 0 N–H and O–H groups in total. The van der Waals surface area contributed by atoms with Crippen LogP contribution in [-0.4, -0.2) is 67.0 Å². The van der Waals surface area contributed by atoms with Crippen molar-refractivity contribution in [1.82, 2.24) is 14.8 Å². The first-order chi connectivity index (χ1) is 14.7. The summed E-state index contributed by atoms with van der Waals surface area (Å²) < 4.78 is 1.23. The summed E-state index contributed by atoms with van der Waals surface area (Å²) in [5.41, 5.74) is 1.29. The topological polar surface area (TPSA) is 39.7 Å². The number of benzene rings is 1. The number of carbonyl (C=O) groups is 1. The highest BCUT2D eigenvalue weighted by molar-refractivity contribution is 7.21. The largest absolute Gasteiger partial charge is 0.355 e. The predicted octanol–water partition coefficient (Wildman–Crippen LogP) is 4.07. The van der Waals surface area contributed by atoms with Crippen LogP contribution < -0.4 is 4.90 Å². The molecule has 1 aromatic carbocycles. The zero-order chi connectivity index (χ0) is 20.5. The number of hydrogen-bond acceptors (Lipinski definition) is 5. The number of thiophene rings is 1. The lowest BCUT2D eigenvalue weighted by Crippen LogP contribution is -2.35. The number of anilines is 1. The van der Waals surface area contributed by atoms with Gasteiger partial charge in [-0.25, -0.2) is 4.98 Å². The highest BCUT2D eigenvalue weighted by atomic mass is 32.1. The van der Waals surface area contributed by atoms with Gasteiger partial charge in [0.2, 0.25) is 0 Å². The first-order valence-corrected chi connectivity index (χ1v) is 11.7. The second-order valence-corrected chi connectivity index (χ2v) is 9.46. The van der Waals surface area contributed by atoms with Crippen LogP contribution in [0.15, 0.2) is 48.7 Å². The molecule has 2 aliphatic rings. The predicted molar refractivity (Wildman–Crippen MR) is 124 cm³/mol. The van der Waals surface area contributed by atoms with Gasteiger partial charge in [0.15, 0.2) is 0 Å². The summed E-state index contributed by atoms with van der Waals surface area (Å²) in [5, 5.41) is 1.27. The molecule has 2 saturated heterocycles. The Balaban J connectivity index is 1.42. The van der Waals surface area contributed by atoms with Crippen molar-refractivity contribution in [2.45, 2.75) is 18.8 Å². The Bertz CT molecular complexity index is 1030. The zero-order valence-electron chi connectivity index (χ0n) is 17.5. The maximum absolute atomic E-state index is 13.7. The van der Waals surface area contributed by atoms with Gasteiger partial charge in [0, 0.05) is 49.5 Å². The van der Waals surface area contributed by atoms with Gasteiger partial charge in [-0.2, -0.15) is 0 Å². The fourth-order valence-corrected chi connectivity index (χ4v) is 6.09. The molecule has 1 amide bonds. The number of fused-ring (bicyclic) bond motifs is 1. The van der Waals surface area contributed by atoms with Gasteiger partial charge in [-0.05, 0) is 55.6 Å². The number of likely N-dealkylation sites (tertiary alicyclic amines) is 1. The van der Waals surface area contributed by atoms with Crippen LogP contribution in [0.2, 0.25) is 0 Å². The molecule has 4 heterocycles. The number of carbonyl (C=O) groups excluding carboxylic acids is 1. The van der Waals surface area contributed by atoms with Crippen molar-refractivity contribution in [2.24, 2.45) is 0 Å². The Kier molecular flexibility index (Phi) is 5.44. The van der Waals surface area contributed by atoms with Crippen LogP contribution in [0.3, 0.4) is 0 Å². The molecule has 0 bridgehead atoms. The third-order valence-electron chi connectivity index (χ3n) is 6.38. The maximum Gasteiger partial charge on any atom is 0.264 e. The molecule has 156 valence electrons. The Morgan fingerprint density at radius 3 is 2.70 bits per heavy atom. The average molecular weight is 421 g/mol. The standard InChI is InChI=1S/C24H28N4OS/c1-26-14-10-18(17-26)22-19-7-2-3-8-20(19)30-23(22)24(29)28-13-6-12-27(15-16-28)21-9-4-5-11-25-21/h2-5,7-9,11,18H,6,10,12-17H2,1H3. The lowest BCUT2D eigenvalue weighted by Gasteiger charge is -2.23. The van der Waals surface area contributed by atoms with Gasteiger partial charge in [0.1, 0.15) is 5.82 Å². The van der Waals surface area contributed by atoms with Gasteiger partial charge in [-0.15, -0.1) is 11.3 Å². The van der Waals surface area contributed by atoms with E-state index in [9.17, 15) is 4.79 Å². The summed E-state index contributed by atoms with van der Waals surface area (Å²) in [6.45, 7) is 5.45.